The highest BCUT2D eigenvalue weighted by atomic mass is 16.5. The number of hydrogen-bond donors (Lipinski definition) is 2. The van der Waals surface area contributed by atoms with Crippen LogP contribution in [0.2, 0.25) is 0 Å². The number of nitrogens with one attached hydrogen (secondary N) is 1. The molecule has 0 heterocycles. The summed E-state index contributed by atoms with van der Waals surface area (Å²) in [4.78, 5) is 25.6. The molecule has 0 aromatic rings. The van der Waals surface area contributed by atoms with Crippen LogP contribution in [0.4, 0.5) is 0 Å². The molecule has 5 rings (SSSR count). The summed E-state index contributed by atoms with van der Waals surface area (Å²) in [6.07, 6.45) is 12.0. The third kappa shape index (κ3) is 3.47. The van der Waals surface area contributed by atoms with Crippen LogP contribution in [-0.2, 0) is 14.3 Å². The van der Waals surface area contributed by atoms with Gasteiger partial charge in [0.2, 0.25) is 5.91 Å². The molecule has 5 aliphatic carbocycles. The molecule has 3 N–H and O–H groups in total. The molecule has 0 saturated heterocycles. The minimum absolute atomic E-state index is 0.00802. The zero-order valence-corrected chi connectivity index (χ0v) is 26.4. The molecular formula is C34H56N2O3. The van der Waals surface area contributed by atoms with E-state index in [4.69, 9.17) is 10.6 Å². The summed E-state index contributed by atoms with van der Waals surface area (Å²) in [5.41, 5.74) is 5.81. The van der Waals surface area contributed by atoms with E-state index >= 15 is 0 Å². The highest BCUT2D eigenvalue weighted by Gasteiger charge is 2.74. The van der Waals surface area contributed by atoms with E-state index in [9.17, 15) is 9.59 Å². The van der Waals surface area contributed by atoms with E-state index in [-0.39, 0.29) is 45.1 Å². The first kappa shape index (κ1) is 29.1. The molecule has 5 aliphatic rings. The van der Waals surface area contributed by atoms with Crippen molar-refractivity contribution in [3.63, 3.8) is 0 Å². The van der Waals surface area contributed by atoms with Crippen LogP contribution in [-0.4, -0.2) is 18.0 Å². The minimum atomic E-state index is -0.432. The van der Waals surface area contributed by atoms with Crippen molar-refractivity contribution in [3.8, 4) is 0 Å². The van der Waals surface area contributed by atoms with Gasteiger partial charge in [0.05, 0.1) is 5.41 Å². The molecule has 0 radical (unpaired) electrons. The van der Waals surface area contributed by atoms with E-state index in [1.165, 1.54) is 31.3 Å². The summed E-state index contributed by atoms with van der Waals surface area (Å²) in [6, 6.07) is 0. The maximum Gasteiger partial charge on any atom is 0.302 e. The maximum absolute atomic E-state index is 13.6. The molecule has 5 heteroatoms. The summed E-state index contributed by atoms with van der Waals surface area (Å²) in [6.45, 7) is 21.2. The molecule has 8 atom stereocenters. The SMILES string of the molecule is CCC12CCC3C4(C)CCC(OC(C)=O)C(C)(C)C4CCC3(C)C1(C)CCC1(C(=O)NN)CCC(C(C)C)=C12. The van der Waals surface area contributed by atoms with Crippen molar-refractivity contribution < 1.29 is 14.3 Å². The van der Waals surface area contributed by atoms with Crippen LogP contribution in [0.15, 0.2) is 11.1 Å². The van der Waals surface area contributed by atoms with Crippen molar-refractivity contribution in [1.82, 2.24) is 5.43 Å². The Morgan fingerprint density at radius 2 is 1.62 bits per heavy atom. The molecule has 5 nitrogen and oxygen atoms in total. The standard InChI is InChI=1S/C34H56N2O3/c1-10-34-18-13-25-30(7)15-14-26(39-22(4)37)29(5,6)24(30)12-16-31(25,8)32(34,9)19-20-33(28(38)36-35)17-11-23(21(2)3)27(33)34/h21,24-26H,10-20,35H2,1-9H3,(H,36,38). The first-order valence-corrected chi connectivity index (χ1v) is 16.0. The Hall–Kier alpha value is -1.36. The Kier molecular flexibility index (Phi) is 6.78. The van der Waals surface area contributed by atoms with Crippen LogP contribution >= 0.6 is 0 Å². The third-order valence-electron chi connectivity index (χ3n) is 14.5. The molecular weight excluding hydrogens is 484 g/mol. The minimum Gasteiger partial charge on any atom is -0.462 e. The second kappa shape index (κ2) is 9.07. The normalized spacial score (nSPS) is 46.6. The van der Waals surface area contributed by atoms with Crippen molar-refractivity contribution in [2.75, 3.05) is 0 Å². The first-order chi connectivity index (χ1) is 18.1. The molecule has 220 valence electrons. The number of carbonyl (C=O) groups excluding carboxylic acids is 2. The summed E-state index contributed by atoms with van der Waals surface area (Å²) in [7, 11) is 0. The van der Waals surface area contributed by atoms with E-state index < -0.39 is 5.41 Å². The van der Waals surface area contributed by atoms with E-state index in [1.807, 2.05) is 0 Å². The van der Waals surface area contributed by atoms with E-state index in [0.29, 0.717) is 17.8 Å². The summed E-state index contributed by atoms with van der Waals surface area (Å²) >= 11 is 0. The smallest absolute Gasteiger partial charge is 0.302 e. The van der Waals surface area contributed by atoms with Crippen molar-refractivity contribution in [2.45, 2.75) is 139 Å². The zero-order chi connectivity index (χ0) is 28.8. The quantitative estimate of drug-likeness (QED) is 0.127. The van der Waals surface area contributed by atoms with Crippen LogP contribution < -0.4 is 11.3 Å². The van der Waals surface area contributed by atoms with Gasteiger partial charge in [-0.15, -0.1) is 0 Å². The fraction of sp³-hybridized carbons (Fsp3) is 0.882. The summed E-state index contributed by atoms with van der Waals surface area (Å²) < 4.78 is 5.93. The average molecular weight is 541 g/mol. The number of nitrogens with two attached hydrogens (primary N) is 1. The van der Waals surface area contributed by atoms with Gasteiger partial charge in [0.15, 0.2) is 0 Å². The molecule has 0 aliphatic heterocycles. The molecule has 8 unspecified atom stereocenters. The van der Waals surface area contributed by atoms with Gasteiger partial charge in [-0.3, -0.25) is 15.0 Å². The number of allylic oxidation sites excluding steroid dienone is 1. The number of amides is 1. The van der Waals surface area contributed by atoms with Crippen molar-refractivity contribution in [1.29, 1.82) is 0 Å². The Balaban J connectivity index is 1.62. The number of hydrogen-bond acceptors (Lipinski definition) is 4. The lowest BCUT2D eigenvalue weighted by atomic mass is 9.29. The Morgan fingerprint density at radius 1 is 0.949 bits per heavy atom. The molecule has 0 aromatic heterocycles. The topological polar surface area (TPSA) is 81.4 Å². The van der Waals surface area contributed by atoms with Gasteiger partial charge < -0.3 is 4.74 Å². The Labute approximate surface area is 237 Å². The lowest BCUT2D eigenvalue weighted by Crippen LogP contribution is -2.69. The van der Waals surface area contributed by atoms with Gasteiger partial charge in [0.1, 0.15) is 6.10 Å². The van der Waals surface area contributed by atoms with E-state index in [2.05, 4.69) is 60.8 Å². The average Bonchev–Trinajstić information content (AvgIpc) is 3.27. The molecule has 0 spiro atoms. The van der Waals surface area contributed by atoms with Gasteiger partial charge in [-0.1, -0.05) is 61.0 Å². The Morgan fingerprint density at radius 3 is 2.21 bits per heavy atom. The lowest BCUT2D eigenvalue weighted by molar-refractivity contribution is -0.252. The van der Waals surface area contributed by atoms with Crippen LogP contribution in [0.25, 0.3) is 0 Å². The largest absolute Gasteiger partial charge is 0.462 e. The predicted molar refractivity (Wildman–Crippen MR) is 156 cm³/mol. The van der Waals surface area contributed by atoms with Crippen molar-refractivity contribution >= 4 is 11.9 Å². The number of fused-ring (bicyclic) bond motifs is 7. The number of rotatable bonds is 4. The summed E-state index contributed by atoms with van der Waals surface area (Å²) in [5.74, 6) is 7.43. The number of esters is 1. The highest BCUT2D eigenvalue weighted by molar-refractivity contribution is 5.87. The van der Waals surface area contributed by atoms with Crippen LogP contribution in [0.5, 0.6) is 0 Å². The van der Waals surface area contributed by atoms with Gasteiger partial charge >= 0.3 is 5.97 Å². The fourth-order valence-corrected chi connectivity index (χ4v) is 12.6. The van der Waals surface area contributed by atoms with Crippen LogP contribution in [0.1, 0.15) is 133 Å². The second-order valence-corrected chi connectivity index (χ2v) is 15.9. The van der Waals surface area contributed by atoms with Crippen LogP contribution in [0.3, 0.4) is 0 Å². The third-order valence-corrected chi connectivity index (χ3v) is 14.5. The maximum atomic E-state index is 13.6. The fourth-order valence-electron chi connectivity index (χ4n) is 12.6. The number of carbonyl (C=O) groups is 2. The predicted octanol–water partition coefficient (Wildman–Crippen LogP) is 7.49. The van der Waals surface area contributed by atoms with Crippen LogP contribution in [0, 0.1) is 50.2 Å². The summed E-state index contributed by atoms with van der Waals surface area (Å²) in [5, 5.41) is 0. The van der Waals surface area contributed by atoms with Crippen molar-refractivity contribution in [3.05, 3.63) is 11.1 Å². The van der Waals surface area contributed by atoms with Gasteiger partial charge in [-0.05, 0) is 116 Å². The van der Waals surface area contributed by atoms with E-state index in [0.717, 1.165) is 44.9 Å². The molecule has 0 aromatic carbocycles. The van der Waals surface area contributed by atoms with Gasteiger partial charge in [0.25, 0.3) is 0 Å². The first-order valence-electron chi connectivity index (χ1n) is 16.0. The molecule has 1 amide bonds. The molecule has 39 heavy (non-hydrogen) atoms. The van der Waals surface area contributed by atoms with Gasteiger partial charge in [-0.2, -0.15) is 0 Å². The number of hydrazine groups is 1. The Bertz CT molecular complexity index is 1080. The van der Waals surface area contributed by atoms with Crippen molar-refractivity contribution in [2.24, 2.45) is 56.1 Å². The number of ether oxygens (including phenoxy) is 1. The van der Waals surface area contributed by atoms with Gasteiger partial charge in [-0.25, -0.2) is 5.84 Å². The molecule has 4 fully saturated rings. The monoisotopic (exact) mass is 540 g/mol. The molecule has 4 saturated carbocycles. The molecule has 0 bridgehead atoms. The van der Waals surface area contributed by atoms with E-state index in [1.54, 1.807) is 12.5 Å². The van der Waals surface area contributed by atoms with Gasteiger partial charge in [0, 0.05) is 12.3 Å². The highest BCUT2D eigenvalue weighted by Crippen LogP contribution is 2.81. The lowest BCUT2D eigenvalue weighted by Gasteiger charge is -2.75. The zero-order valence-electron chi connectivity index (χ0n) is 26.4. The second-order valence-electron chi connectivity index (χ2n) is 15.9.